The van der Waals surface area contributed by atoms with Crippen LogP contribution < -0.4 is 11.3 Å². The predicted octanol–water partition coefficient (Wildman–Crippen LogP) is 2.03. The minimum atomic E-state index is -1.37. The highest BCUT2D eigenvalue weighted by Crippen LogP contribution is 2.18. The number of hydrogen-bond donors (Lipinski definition) is 1. The third-order valence-electron chi connectivity index (χ3n) is 2.68. The van der Waals surface area contributed by atoms with Crippen molar-refractivity contribution in [2.45, 2.75) is 11.4 Å². The smallest absolute Gasteiger partial charge is 0.250 e. The molecule has 7 heteroatoms. The molecule has 0 amide bonds. The summed E-state index contributed by atoms with van der Waals surface area (Å²) >= 11 is 5.64. The molecule has 1 unspecified atom stereocenters. The first-order valence-electron chi connectivity index (χ1n) is 5.77. The van der Waals surface area contributed by atoms with E-state index in [-0.39, 0.29) is 22.9 Å². The molecule has 0 saturated carbocycles. The first-order valence-corrected chi connectivity index (χ1v) is 7.46. The van der Waals surface area contributed by atoms with E-state index < -0.39 is 16.6 Å². The Kier molecular flexibility index (Phi) is 4.57. The highest BCUT2D eigenvalue weighted by atomic mass is 35.5. The van der Waals surface area contributed by atoms with Crippen LogP contribution in [-0.4, -0.2) is 14.5 Å². The van der Waals surface area contributed by atoms with E-state index in [4.69, 9.17) is 17.3 Å². The molecule has 1 aromatic heterocycles. The Morgan fingerprint density at radius 1 is 1.30 bits per heavy atom. The number of hydrogen-bond acceptors (Lipinski definition) is 3. The summed E-state index contributed by atoms with van der Waals surface area (Å²) in [5, 5.41) is -0.0722. The van der Waals surface area contributed by atoms with Gasteiger partial charge in [-0.2, -0.15) is 0 Å². The van der Waals surface area contributed by atoms with E-state index in [2.05, 4.69) is 0 Å². The van der Waals surface area contributed by atoms with Crippen molar-refractivity contribution < 1.29 is 8.60 Å². The van der Waals surface area contributed by atoms with Gasteiger partial charge in [0.1, 0.15) is 5.82 Å². The number of aromatic nitrogens is 1. The molecule has 2 rings (SSSR count). The molecule has 0 spiro atoms. The fourth-order valence-electron chi connectivity index (χ4n) is 1.64. The van der Waals surface area contributed by atoms with Crippen molar-refractivity contribution in [3.8, 4) is 0 Å². The van der Waals surface area contributed by atoms with Crippen molar-refractivity contribution in [2.75, 3.05) is 11.5 Å². The molecule has 2 aromatic rings. The average Bonchev–Trinajstić information content (AvgIpc) is 2.42. The van der Waals surface area contributed by atoms with Crippen LogP contribution >= 0.6 is 11.6 Å². The molecule has 0 fully saturated rings. The standard InChI is InChI=1S/C13H12ClFN2O2S/c14-11-7-10(2-3-12(11)15)20(19)6-5-17-8-9(16)1-4-13(17)18/h1-4,7-8H,5-6,16H2. The number of benzene rings is 1. The van der Waals surface area contributed by atoms with Crippen LogP contribution in [0.2, 0.25) is 5.02 Å². The quantitative estimate of drug-likeness (QED) is 0.939. The number of nitrogen functional groups attached to an aromatic ring is 1. The summed E-state index contributed by atoms with van der Waals surface area (Å²) in [5.74, 6) is -0.342. The van der Waals surface area contributed by atoms with Gasteiger partial charge in [0.25, 0.3) is 5.56 Å². The van der Waals surface area contributed by atoms with Gasteiger partial charge in [-0.25, -0.2) is 4.39 Å². The summed E-state index contributed by atoms with van der Waals surface area (Å²) in [7, 11) is -1.37. The van der Waals surface area contributed by atoms with Crippen LogP contribution in [0.25, 0.3) is 0 Å². The molecule has 0 aliphatic heterocycles. The largest absolute Gasteiger partial charge is 0.398 e. The molecule has 4 nitrogen and oxygen atoms in total. The van der Waals surface area contributed by atoms with Crippen molar-refractivity contribution in [1.29, 1.82) is 0 Å². The third kappa shape index (κ3) is 3.46. The van der Waals surface area contributed by atoms with E-state index in [1.807, 2.05) is 0 Å². The van der Waals surface area contributed by atoms with Gasteiger partial charge in [0.15, 0.2) is 0 Å². The molecule has 0 aliphatic rings. The van der Waals surface area contributed by atoms with E-state index in [0.717, 1.165) is 0 Å². The second-order valence-electron chi connectivity index (χ2n) is 4.12. The zero-order valence-corrected chi connectivity index (χ0v) is 12.0. The van der Waals surface area contributed by atoms with Crippen molar-refractivity contribution in [3.05, 3.63) is 57.7 Å². The van der Waals surface area contributed by atoms with E-state index in [1.54, 1.807) is 0 Å². The molecule has 0 aliphatic carbocycles. The summed E-state index contributed by atoms with van der Waals surface area (Å²) in [6, 6.07) is 6.78. The summed E-state index contributed by atoms with van der Waals surface area (Å²) in [5.41, 5.74) is 5.83. The van der Waals surface area contributed by atoms with Crippen LogP contribution in [0.1, 0.15) is 0 Å². The Balaban J connectivity index is 2.10. The second kappa shape index (κ2) is 6.19. The molecule has 1 aromatic carbocycles. The molecule has 1 heterocycles. The summed E-state index contributed by atoms with van der Waals surface area (Å²) < 4.78 is 26.5. The van der Waals surface area contributed by atoms with Crippen molar-refractivity contribution in [2.24, 2.45) is 0 Å². The van der Waals surface area contributed by atoms with E-state index in [0.29, 0.717) is 10.6 Å². The Bertz CT molecular complexity index is 718. The molecule has 106 valence electrons. The molecular formula is C13H12ClFN2O2S. The van der Waals surface area contributed by atoms with Crippen LogP contribution in [0, 0.1) is 5.82 Å². The first kappa shape index (κ1) is 14.7. The lowest BCUT2D eigenvalue weighted by molar-refractivity contribution is 0.626. The molecule has 20 heavy (non-hydrogen) atoms. The SMILES string of the molecule is Nc1ccc(=O)n(CCS(=O)c2ccc(F)c(Cl)c2)c1. The van der Waals surface area contributed by atoms with Gasteiger partial charge in [-0.1, -0.05) is 11.6 Å². The van der Waals surface area contributed by atoms with Gasteiger partial charge in [-0.3, -0.25) is 9.00 Å². The zero-order chi connectivity index (χ0) is 14.7. The highest BCUT2D eigenvalue weighted by Gasteiger charge is 2.08. The Morgan fingerprint density at radius 2 is 2.05 bits per heavy atom. The number of rotatable bonds is 4. The Morgan fingerprint density at radius 3 is 2.75 bits per heavy atom. The maximum atomic E-state index is 13.0. The normalized spacial score (nSPS) is 12.3. The molecule has 1 atom stereocenters. The summed E-state index contributed by atoms with van der Waals surface area (Å²) in [6.07, 6.45) is 1.50. The molecule has 2 N–H and O–H groups in total. The van der Waals surface area contributed by atoms with E-state index >= 15 is 0 Å². The lowest BCUT2D eigenvalue weighted by Gasteiger charge is -2.07. The van der Waals surface area contributed by atoms with Gasteiger partial charge in [0, 0.05) is 35.1 Å². The molecule has 0 saturated heterocycles. The Hall–Kier alpha value is -1.66. The van der Waals surface area contributed by atoms with Gasteiger partial charge in [-0.05, 0) is 24.3 Å². The van der Waals surface area contributed by atoms with Crippen molar-refractivity contribution in [1.82, 2.24) is 4.57 Å². The maximum Gasteiger partial charge on any atom is 0.250 e. The van der Waals surface area contributed by atoms with Crippen molar-refractivity contribution >= 4 is 28.1 Å². The highest BCUT2D eigenvalue weighted by molar-refractivity contribution is 7.85. The van der Waals surface area contributed by atoms with Crippen LogP contribution in [0.5, 0.6) is 0 Å². The molecule has 0 bridgehead atoms. The van der Waals surface area contributed by atoms with Gasteiger partial charge >= 0.3 is 0 Å². The number of aryl methyl sites for hydroxylation is 1. The van der Waals surface area contributed by atoms with Gasteiger partial charge < -0.3 is 10.3 Å². The fraction of sp³-hybridized carbons (Fsp3) is 0.154. The number of nitrogens with two attached hydrogens (primary N) is 1. The second-order valence-corrected chi connectivity index (χ2v) is 6.10. The summed E-state index contributed by atoms with van der Waals surface area (Å²) in [6.45, 7) is 0.255. The number of halogens is 2. The van der Waals surface area contributed by atoms with Gasteiger partial charge in [0.2, 0.25) is 0 Å². The van der Waals surface area contributed by atoms with Crippen molar-refractivity contribution in [3.63, 3.8) is 0 Å². The summed E-state index contributed by atoms with van der Waals surface area (Å²) in [4.78, 5) is 12.0. The lowest BCUT2D eigenvalue weighted by Crippen LogP contribution is -2.21. The fourth-order valence-corrected chi connectivity index (χ4v) is 2.95. The third-order valence-corrected chi connectivity index (χ3v) is 4.30. The zero-order valence-electron chi connectivity index (χ0n) is 10.4. The maximum absolute atomic E-state index is 13.0. The van der Waals surface area contributed by atoms with Crippen LogP contribution in [0.15, 0.2) is 46.2 Å². The van der Waals surface area contributed by atoms with Crippen LogP contribution in [0.3, 0.4) is 0 Å². The topological polar surface area (TPSA) is 65.1 Å². The Labute approximate surface area is 122 Å². The van der Waals surface area contributed by atoms with Crippen LogP contribution in [0.4, 0.5) is 10.1 Å². The predicted molar refractivity (Wildman–Crippen MR) is 77.8 cm³/mol. The van der Waals surface area contributed by atoms with Crippen LogP contribution in [-0.2, 0) is 17.3 Å². The average molecular weight is 315 g/mol. The molecule has 0 radical (unpaired) electrons. The van der Waals surface area contributed by atoms with E-state index in [9.17, 15) is 13.4 Å². The first-order chi connectivity index (χ1) is 9.47. The number of nitrogens with zero attached hydrogens (tertiary/aromatic N) is 1. The monoisotopic (exact) mass is 314 g/mol. The van der Waals surface area contributed by atoms with E-state index in [1.165, 1.54) is 41.1 Å². The minimum Gasteiger partial charge on any atom is -0.398 e. The van der Waals surface area contributed by atoms with Gasteiger partial charge in [0.05, 0.1) is 15.8 Å². The number of anilines is 1. The molecular weight excluding hydrogens is 303 g/mol. The van der Waals surface area contributed by atoms with Gasteiger partial charge in [-0.15, -0.1) is 0 Å². The lowest BCUT2D eigenvalue weighted by atomic mass is 10.3. The minimum absolute atomic E-state index is 0.0722. The number of pyridine rings is 1.